The maximum absolute atomic E-state index is 12.4. The van der Waals surface area contributed by atoms with Gasteiger partial charge >= 0.3 is 6.61 Å². The molecule has 1 saturated carbocycles. The van der Waals surface area contributed by atoms with Crippen LogP contribution >= 0.6 is 0 Å². The lowest BCUT2D eigenvalue weighted by molar-refractivity contribution is -0.120. The molecule has 2 N–H and O–H groups in total. The summed E-state index contributed by atoms with van der Waals surface area (Å²) in [5.41, 5.74) is 0.440. The fourth-order valence-electron chi connectivity index (χ4n) is 2.00. The second kappa shape index (κ2) is 7.93. The maximum atomic E-state index is 12.4. The van der Waals surface area contributed by atoms with Gasteiger partial charge in [-0.25, -0.2) is 0 Å². The molecular formula is C15H20F2N2O3. The Kier molecular flexibility index (Phi) is 5.94. The van der Waals surface area contributed by atoms with Crippen LogP contribution in [0.15, 0.2) is 18.2 Å². The van der Waals surface area contributed by atoms with Gasteiger partial charge < -0.3 is 20.1 Å². The van der Waals surface area contributed by atoms with Gasteiger partial charge in [0.15, 0.2) is 0 Å². The quantitative estimate of drug-likeness (QED) is 0.731. The standard InChI is InChI=1S/C15H20F2N2O3/c1-21-12-4-5-13(22-15(16)17)11(6-12)8-19-14(20)9-18-7-10-2-3-10/h4-6,10,15,18H,2-3,7-9H2,1H3,(H,19,20). The summed E-state index contributed by atoms with van der Waals surface area (Å²) < 4.78 is 34.3. The molecule has 0 bridgehead atoms. The van der Waals surface area contributed by atoms with E-state index in [1.807, 2.05) is 0 Å². The third kappa shape index (κ3) is 5.48. The average Bonchev–Trinajstić information content (AvgIpc) is 3.30. The Hall–Kier alpha value is -1.89. The number of alkyl halides is 2. The smallest absolute Gasteiger partial charge is 0.387 e. The highest BCUT2D eigenvalue weighted by Gasteiger charge is 2.20. The van der Waals surface area contributed by atoms with Crippen molar-refractivity contribution in [1.82, 2.24) is 10.6 Å². The van der Waals surface area contributed by atoms with Crippen LogP contribution < -0.4 is 20.1 Å². The van der Waals surface area contributed by atoms with E-state index < -0.39 is 6.61 Å². The van der Waals surface area contributed by atoms with Crippen LogP contribution in [0.3, 0.4) is 0 Å². The van der Waals surface area contributed by atoms with E-state index >= 15 is 0 Å². The minimum atomic E-state index is -2.91. The SMILES string of the molecule is COc1ccc(OC(F)F)c(CNC(=O)CNCC2CC2)c1. The number of carbonyl (C=O) groups is 1. The fraction of sp³-hybridized carbons (Fsp3) is 0.533. The number of carbonyl (C=O) groups excluding carboxylic acids is 1. The number of nitrogens with one attached hydrogen (secondary N) is 2. The third-order valence-corrected chi connectivity index (χ3v) is 3.38. The van der Waals surface area contributed by atoms with Crippen LogP contribution in [0.25, 0.3) is 0 Å². The molecule has 1 aliphatic carbocycles. The Labute approximate surface area is 128 Å². The van der Waals surface area contributed by atoms with Crippen molar-refractivity contribution < 1.29 is 23.0 Å². The van der Waals surface area contributed by atoms with Crippen LogP contribution in [0.5, 0.6) is 11.5 Å². The maximum Gasteiger partial charge on any atom is 0.387 e. The molecule has 0 unspecified atom stereocenters. The van der Waals surface area contributed by atoms with E-state index in [4.69, 9.17) is 4.74 Å². The topological polar surface area (TPSA) is 59.6 Å². The average molecular weight is 314 g/mol. The van der Waals surface area contributed by atoms with Crippen LogP contribution in [0.1, 0.15) is 18.4 Å². The number of rotatable bonds is 9. The number of hydrogen-bond acceptors (Lipinski definition) is 4. The minimum absolute atomic E-state index is 0.0297. The van der Waals surface area contributed by atoms with E-state index in [9.17, 15) is 13.6 Å². The molecule has 1 fully saturated rings. The van der Waals surface area contributed by atoms with E-state index in [1.54, 1.807) is 6.07 Å². The highest BCUT2D eigenvalue weighted by molar-refractivity contribution is 5.78. The minimum Gasteiger partial charge on any atom is -0.497 e. The van der Waals surface area contributed by atoms with Crippen LogP contribution in [0, 0.1) is 5.92 Å². The lowest BCUT2D eigenvalue weighted by Gasteiger charge is -2.13. The van der Waals surface area contributed by atoms with E-state index in [0.717, 1.165) is 6.54 Å². The molecule has 122 valence electrons. The van der Waals surface area contributed by atoms with Crippen molar-refractivity contribution >= 4 is 5.91 Å². The lowest BCUT2D eigenvalue weighted by Crippen LogP contribution is -2.34. The summed E-state index contributed by atoms with van der Waals surface area (Å²) >= 11 is 0. The van der Waals surface area contributed by atoms with Crippen molar-refractivity contribution in [2.75, 3.05) is 20.2 Å². The van der Waals surface area contributed by atoms with Gasteiger partial charge in [0, 0.05) is 12.1 Å². The Bertz CT molecular complexity index is 508. The van der Waals surface area contributed by atoms with Gasteiger partial charge in [0.25, 0.3) is 0 Å². The molecule has 22 heavy (non-hydrogen) atoms. The summed E-state index contributed by atoms with van der Waals surface area (Å²) in [5, 5.41) is 5.74. The number of benzene rings is 1. The largest absolute Gasteiger partial charge is 0.497 e. The van der Waals surface area contributed by atoms with E-state index in [2.05, 4.69) is 15.4 Å². The van der Waals surface area contributed by atoms with Crippen molar-refractivity contribution in [3.63, 3.8) is 0 Å². The molecule has 1 aromatic rings. The first-order valence-electron chi connectivity index (χ1n) is 7.17. The van der Waals surface area contributed by atoms with Crippen molar-refractivity contribution in [2.45, 2.75) is 26.0 Å². The molecule has 0 spiro atoms. The summed E-state index contributed by atoms with van der Waals surface area (Å²) in [6, 6.07) is 4.49. The van der Waals surface area contributed by atoms with Gasteiger partial charge in [-0.3, -0.25) is 4.79 Å². The van der Waals surface area contributed by atoms with Crippen molar-refractivity contribution in [2.24, 2.45) is 5.92 Å². The highest BCUT2D eigenvalue weighted by atomic mass is 19.3. The lowest BCUT2D eigenvalue weighted by atomic mass is 10.2. The fourth-order valence-corrected chi connectivity index (χ4v) is 2.00. The molecule has 0 atom stereocenters. The van der Waals surface area contributed by atoms with Gasteiger partial charge in [-0.15, -0.1) is 0 Å². The summed E-state index contributed by atoms with van der Waals surface area (Å²) in [7, 11) is 1.48. The number of ether oxygens (including phenoxy) is 2. The van der Waals surface area contributed by atoms with Crippen LogP contribution in [-0.2, 0) is 11.3 Å². The van der Waals surface area contributed by atoms with E-state index in [1.165, 1.54) is 32.1 Å². The summed E-state index contributed by atoms with van der Waals surface area (Å²) in [6.45, 7) is -1.76. The number of halogens is 2. The van der Waals surface area contributed by atoms with Crippen molar-refractivity contribution in [3.05, 3.63) is 23.8 Å². The van der Waals surface area contributed by atoms with Crippen LogP contribution in [-0.4, -0.2) is 32.7 Å². The van der Waals surface area contributed by atoms with Crippen LogP contribution in [0.2, 0.25) is 0 Å². The van der Waals surface area contributed by atoms with Gasteiger partial charge in [-0.1, -0.05) is 0 Å². The second-order valence-electron chi connectivity index (χ2n) is 5.20. The third-order valence-electron chi connectivity index (χ3n) is 3.38. The van der Waals surface area contributed by atoms with Crippen molar-refractivity contribution in [1.29, 1.82) is 0 Å². The zero-order valence-corrected chi connectivity index (χ0v) is 12.4. The molecule has 0 aromatic heterocycles. The molecule has 1 amide bonds. The number of methoxy groups -OCH3 is 1. The Balaban J connectivity index is 1.86. The second-order valence-corrected chi connectivity index (χ2v) is 5.20. The molecular weight excluding hydrogens is 294 g/mol. The predicted molar refractivity (Wildman–Crippen MR) is 77.1 cm³/mol. The molecule has 0 radical (unpaired) electrons. The van der Waals surface area contributed by atoms with E-state index in [0.29, 0.717) is 17.2 Å². The molecule has 2 rings (SSSR count). The predicted octanol–water partition coefficient (Wildman–Crippen LogP) is 1.91. The van der Waals surface area contributed by atoms with Gasteiger partial charge in [0.2, 0.25) is 5.91 Å². The summed E-state index contributed by atoms with van der Waals surface area (Å²) in [6.07, 6.45) is 2.43. The first kappa shape index (κ1) is 16.5. The molecule has 5 nitrogen and oxygen atoms in total. The highest BCUT2D eigenvalue weighted by Crippen LogP contribution is 2.27. The number of hydrogen-bond donors (Lipinski definition) is 2. The van der Waals surface area contributed by atoms with Crippen LogP contribution in [0.4, 0.5) is 8.78 Å². The molecule has 7 heteroatoms. The Morgan fingerprint density at radius 3 is 2.82 bits per heavy atom. The Morgan fingerprint density at radius 2 is 2.18 bits per heavy atom. The zero-order chi connectivity index (χ0) is 15.9. The van der Waals surface area contributed by atoms with Gasteiger partial charge in [-0.05, 0) is 43.5 Å². The number of amides is 1. The normalized spacial score (nSPS) is 14.0. The van der Waals surface area contributed by atoms with Crippen molar-refractivity contribution in [3.8, 4) is 11.5 Å². The van der Waals surface area contributed by atoms with E-state index in [-0.39, 0.29) is 24.7 Å². The van der Waals surface area contributed by atoms with Gasteiger partial charge in [0.05, 0.1) is 13.7 Å². The summed E-state index contributed by atoms with van der Waals surface area (Å²) in [5.74, 6) is 1.04. The zero-order valence-electron chi connectivity index (χ0n) is 12.4. The molecule has 1 aliphatic rings. The molecule has 1 aromatic carbocycles. The first-order valence-corrected chi connectivity index (χ1v) is 7.17. The molecule has 0 saturated heterocycles. The van der Waals surface area contributed by atoms with Gasteiger partial charge in [0.1, 0.15) is 11.5 Å². The Morgan fingerprint density at radius 1 is 1.41 bits per heavy atom. The monoisotopic (exact) mass is 314 g/mol. The first-order chi connectivity index (χ1) is 10.6. The summed E-state index contributed by atoms with van der Waals surface area (Å²) in [4.78, 5) is 11.7. The molecule has 0 aliphatic heterocycles. The molecule has 0 heterocycles. The van der Waals surface area contributed by atoms with Gasteiger partial charge in [-0.2, -0.15) is 8.78 Å².